The number of halogens is 1. The predicted molar refractivity (Wildman–Crippen MR) is 110 cm³/mol. The predicted octanol–water partition coefficient (Wildman–Crippen LogP) is 4.83. The molecule has 6 heteroatoms. The number of hydrogen-bond acceptors (Lipinski definition) is 4. The maximum Gasteiger partial charge on any atom is 0.266 e. The molecule has 4 nitrogen and oxygen atoms in total. The van der Waals surface area contributed by atoms with Crippen LogP contribution in [-0.2, 0) is 5.75 Å². The lowest BCUT2D eigenvalue weighted by atomic mass is 10.2. The molecule has 0 unspecified atom stereocenters. The summed E-state index contributed by atoms with van der Waals surface area (Å²) in [4.78, 5) is 18.0. The molecule has 1 heterocycles. The van der Waals surface area contributed by atoms with Crippen LogP contribution in [0.2, 0.25) is 0 Å². The van der Waals surface area contributed by atoms with E-state index in [4.69, 9.17) is 9.72 Å². The Kier molecular flexibility index (Phi) is 5.12. The highest BCUT2D eigenvalue weighted by molar-refractivity contribution is 7.98. The van der Waals surface area contributed by atoms with Crippen molar-refractivity contribution in [3.63, 3.8) is 0 Å². The van der Waals surface area contributed by atoms with Crippen molar-refractivity contribution in [2.75, 3.05) is 7.11 Å². The number of nitrogens with zero attached hydrogens (tertiary/aromatic N) is 2. The van der Waals surface area contributed by atoms with Crippen LogP contribution in [-0.4, -0.2) is 16.7 Å². The van der Waals surface area contributed by atoms with Crippen molar-refractivity contribution in [3.05, 3.63) is 94.5 Å². The summed E-state index contributed by atoms with van der Waals surface area (Å²) in [7, 11) is 1.57. The van der Waals surface area contributed by atoms with Crippen molar-refractivity contribution in [2.24, 2.45) is 0 Å². The van der Waals surface area contributed by atoms with Gasteiger partial charge in [0.25, 0.3) is 5.56 Å². The zero-order chi connectivity index (χ0) is 19.5. The molecule has 0 aliphatic rings. The summed E-state index contributed by atoms with van der Waals surface area (Å²) >= 11 is 1.38. The SMILES string of the molecule is COc1ccccc1-n1c(SCc2cccc(F)c2)nc2ccccc2c1=O. The molecular weight excluding hydrogens is 375 g/mol. The second-order valence-corrected chi connectivity index (χ2v) is 7.09. The van der Waals surface area contributed by atoms with Gasteiger partial charge in [-0.2, -0.15) is 0 Å². The molecular formula is C22H17FN2O2S. The molecule has 4 aromatic rings. The first-order valence-electron chi connectivity index (χ1n) is 8.70. The summed E-state index contributed by atoms with van der Waals surface area (Å²) in [5.74, 6) is 0.776. The van der Waals surface area contributed by atoms with E-state index in [0.717, 1.165) is 5.56 Å². The first-order chi connectivity index (χ1) is 13.7. The van der Waals surface area contributed by atoms with E-state index < -0.39 is 0 Å². The maximum atomic E-state index is 13.5. The highest BCUT2D eigenvalue weighted by atomic mass is 32.2. The Labute approximate surface area is 165 Å². The van der Waals surface area contributed by atoms with Gasteiger partial charge in [-0.3, -0.25) is 9.36 Å². The van der Waals surface area contributed by atoms with Crippen molar-refractivity contribution in [1.29, 1.82) is 0 Å². The monoisotopic (exact) mass is 392 g/mol. The van der Waals surface area contributed by atoms with Crippen LogP contribution < -0.4 is 10.3 Å². The standard InChI is InChI=1S/C22H17FN2O2S/c1-27-20-12-5-4-11-19(20)25-21(26)17-9-2-3-10-18(17)24-22(25)28-14-15-7-6-8-16(23)13-15/h2-13H,14H2,1H3. The molecule has 0 radical (unpaired) electrons. The lowest BCUT2D eigenvalue weighted by molar-refractivity contribution is 0.411. The largest absolute Gasteiger partial charge is 0.495 e. The Morgan fingerprint density at radius 2 is 1.82 bits per heavy atom. The Hall–Kier alpha value is -3.12. The zero-order valence-electron chi connectivity index (χ0n) is 15.1. The number of hydrogen-bond donors (Lipinski definition) is 0. The van der Waals surface area contributed by atoms with E-state index in [1.807, 2.05) is 42.5 Å². The number of aromatic nitrogens is 2. The van der Waals surface area contributed by atoms with Gasteiger partial charge < -0.3 is 4.74 Å². The van der Waals surface area contributed by atoms with Crippen molar-refractivity contribution in [3.8, 4) is 11.4 Å². The van der Waals surface area contributed by atoms with Gasteiger partial charge in [0.15, 0.2) is 5.16 Å². The van der Waals surface area contributed by atoms with Crippen LogP contribution in [0.3, 0.4) is 0 Å². The van der Waals surface area contributed by atoms with Gasteiger partial charge in [-0.15, -0.1) is 0 Å². The lowest BCUT2D eigenvalue weighted by Gasteiger charge is -2.15. The van der Waals surface area contributed by atoms with Crippen molar-refractivity contribution >= 4 is 22.7 Å². The Morgan fingerprint density at radius 3 is 2.64 bits per heavy atom. The molecule has 0 aliphatic carbocycles. The first-order valence-corrected chi connectivity index (χ1v) is 9.68. The average Bonchev–Trinajstić information content (AvgIpc) is 2.72. The van der Waals surface area contributed by atoms with Gasteiger partial charge >= 0.3 is 0 Å². The van der Waals surface area contributed by atoms with Crippen molar-refractivity contribution < 1.29 is 9.13 Å². The highest BCUT2D eigenvalue weighted by Crippen LogP contribution is 2.28. The first kappa shape index (κ1) is 18.3. The summed E-state index contributed by atoms with van der Waals surface area (Å²) in [6, 6.07) is 21.0. The average molecular weight is 392 g/mol. The van der Waals surface area contributed by atoms with Gasteiger partial charge in [-0.05, 0) is 42.0 Å². The zero-order valence-corrected chi connectivity index (χ0v) is 15.9. The third-order valence-electron chi connectivity index (χ3n) is 4.33. The van der Waals surface area contributed by atoms with Gasteiger partial charge in [-0.25, -0.2) is 9.37 Å². The summed E-state index contributed by atoms with van der Waals surface area (Å²) in [6.07, 6.45) is 0. The van der Waals surface area contributed by atoms with Crippen LogP contribution in [0.1, 0.15) is 5.56 Å². The third-order valence-corrected chi connectivity index (χ3v) is 5.34. The van der Waals surface area contributed by atoms with E-state index in [-0.39, 0.29) is 11.4 Å². The molecule has 140 valence electrons. The molecule has 1 aromatic heterocycles. The van der Waals surface area contributed by atoms with Gasteiger partial charge in [0.2, 0.25) is 0 Å². The van der Waals surface area contributed by atoms with E-state index >= 15 is 0 Å². The van der Waals surface area contributed by atoms with E-state index in [1.165, 1.54) is 23.9 Å². The van der Waals surface area contributed by atoms with Gasteiger partial charge in [0, 0.05) is 5.75 Å². The molecule has 0 saturated carbocycles. The fraction of sp³-hybridized carbons (Fsp3) is 0.0909. The number of benzene rings is 3. The quantitative estimate of drug-likeness (QED) is 0.361. The number of rotatable bonds is 5. The molecule has 0 N–H and O–H groups in total. The summed E-state index contributed by atoms with van der Waals surface area (Å²) in [5.41, 5.74) is 1.89. The van der Waals surface area contributed by atoms with Crippen LogP contribution in [0.5, 0.6) is 5.75 Å². The van der Waals surface area contributed by atoms with Gasteiger partial charge in [0.05, 0.1) is 23.7 Å². The Balaban J connectivity index is 1.87. The van der Waals surface area contributed by atoms with Crippen LogP contribution >= 0.6 is 11.8 Å². The summed E-state index contributed by atoms with van der Waals surface area (Å²) in [5, 5.41) is 1.06. The van der Waals surface area contributed by atoms with Crippen LogP contribution in [0, 0.1) is 5.82 Å². The topological polar surface area (TPSA) is 44.1 Å². The third kappa shape index (κ3) is 3.51. The number of fused-ring (bicyclic) bond motifs is 1. The molecule has 4 rings (SSSR count). The van der Waals surface area contributed by atoms with Crippen LogP contribution in [0.15, 0.2) is 82.7 Å². The number of ether oxygens (including phenoxy) is 1. The Morgan fingerprint density at radius 1 is 1.04 bits per heavy atom. The van der Waals surface area contributed by atoms with Crippen LogP contribution in [0.25, 0.3) is 16.6 Å². The number of thioether (sulfide) groups is 1. The normalized spacial score (nSPS) is 10.9. The number of methoxy groups -OCH3 is 1. The van der Waals surface area contributed by atoms with E-state index in [9.17, 15) is 9.18 Å². The molecule has 0 amide bonds. The minimum absolute atomic E-state index is 0.170. The minimum atomic E-state index is -0.285. The van der Waals surface area contributed by atoms with E-state index in [2.05, 4.69) is 0 Å². The van der Waals surface area contributed by atoms with Gasteiger partial charge in [-0.1, -0.05) is 48.2 Å². The molecule has 0 fully saturated rings. The maximum absolute atomic E-state index is 13.5. The second kappa shape index (κ2) is 7.86. The molecule has 3 aromatic carbocycles. The summed E-state index contributed by atoms with van der Waals surface area (Å²) < 4.78 is 20.5. The van der Waals surface area contributed by atoms with Crippen molar-refractivity contribution in [2.45, 2.75) is 10.9 Å². The molecule has 0 saturated heterocycles. The second-order valence-electron chi connectivity index (χ2n) is 6.14. The smallest absolute Gasteiger partial charge is 0.266 e. The van der Waals surface area contributed by atoms with Gasteiger partial charge in [0.1, 0.15) is 11.6 Å². The minimum Gasteiger partial charge on any atom is -0.495 e. The lowest BCUT2D eigenvalue weighted by Crippen LogP contribution is -2.22. The number of para-hydroxylation sites is 3. The molecule has 0 atom stereocenters. The van der Waals surface area contributed by atoms with Crippen molar-refractivity contribution in [1.82, 2.24) is 9.55 Å². The van der Waals surface area contributed by atoms with E-state index in [1.54, 1.807) is 29.9 Å². The molecule has 28 heavy (non-hydrogen) atoms. The van der Waals surface area contributed by atoms with E-state index in [0.29, 0.717) is 33.2 Å². The molecule has 0 spiro atoms. The Bertz CT molecular complexity index is 1210. The highest BCUT2D eigenvalue weighted by Gasteiger charge is 2.16. The molecule has 0 bridgehead atoms. The summed E-state index contributed by atoms with van der Waals surface area (Å²) in [6.45, 7) is 0. The fourth-order valence-corrected chi connectivity index (χ4v) is 3.96. The fourth-order valence-electron chi connectivity index (χ4n) is 3.01. The molecule has 0 aliphatic heterocycles. The van der Waals surface area contributed by atoms with Crippen LogP contribution in [0.4, 0.5) is 4.39 Å².